The molecule has 0 saturated carbocycles. The van der Waals surface area contributed by atoms with Crippen molar-refractivity contribution in [2.24, 2.45) is 0 Å². The number of halogens is 1. The van der Waals surface area contributed by atoms with Gasteiger partial charge < -0.3 is 5.11 Å². The first-order valence-corrected chi connectivity index (χ1v) is 5.88. The van der Waals surface area contributed by atoms with Gasteiger partial charge in [-0.25, -0.2) is 9.78 Å². The SMILES string of the molecule is CC(=O)SCC#Cc1cc(C(=O)O)cnc1Cl. The van der Waals surface area contributed by atoms with Gasteiger partial charge in [-0.05, 0) is 6.07 Å². The lowest BCUT2D eigenvalue weighted by Crippen LogP contribution is -1.98. The summed E-state index contributed by atoms with van der Waals surface area (Å²) in [7, 11) is 0. The number of carboxylic acids is 1. The molecular weight excluding hydrogens is 262 g/mol. The smallest absolute Gasteiger partial charge is 0.337 e. The summed E-state index contributed by atoms with van der Waals surface area (Å²) < 4.78 is 0. The van der Waals surface area contributed by atoms with E-state index in [4.69, 9.17) is 16.7 Å². The first kappa shape index (κ1) is 13.6. The first-order chi connectivity index (χ1) is 8.00. The Morgan fingerprint density at radius 3 is 2.88 bits per heavy atom. The Labute approximate surface area is 107 Å². The van der Waals surface area contributed by atoms with Crippen LogP contribution in [0.2, 0.25) is 5.15 Å². The molecule has 0 aromatic carbocycles. The van der Waals surface area contributed by atoms with Gasteiger partial charge >= 0.3 is 5.97 Å². The molecule has 0 atom stereocenters. The summed E-state index contributed by atoms with van der Waals surface area (Å²) in [5.41, 5.74) is 0.369. The van der Waals surface area contributed by atoms with Crippen molar-refractivity contribution in [3.63, 3.8) is 0 Å². The molecule has 0 aliphatic rings. The van der Waals surface area contributed by atoms with Gasteiger partial charge in [-0.1, -0.05) is 35.2 Å². The summed E-state index contributed by atoms with van der Waals surface area (Å²) in [6.07, 6.45) is 1.17. The Balaban J connectivity index is 2.86. The van der Waals surface area contributed by atoms with Gasteiger partial charge in [0.2, 0.25) is 0 Å². The lowest BCUT2D eigenvalue weighted by molar-refractivity contribution is -0.109. The van der Waals surface area contributed by atoms with E-state index in [0.717, 1.165) is 11.8 Å². The molecule has 0 radical (unpaired) electrons. The van der Waals surface area contributed by atoms with E-state index < -0.39 is 5.97 Å². The van der Waals surface area contributed by atoms with E-state index >= 15 is 0 Å². The minimum Gasteiger partial charge on any atom is -0.478 e. The van der Waals surface area contributed by atoms with Gasteiger partial charge in [0.15, 0.2) is 5.12 Å². The van der Waals surface area contributed by atoms with Crippen molar-refractivity contribution in [3.8, 4) is 11.8 Å². The van der Waals surface area contributed by atoms with Crippen LogP contribution in [0.1, 0.15) is 22.8 Å². The zero-order valence-corrected chi connectivity index (χ0v) is 10.4. The van der Waals surface area contributed by atoms with E-state index in [-0.39, 0.29) is 15.8 Å². The minimum absolute atomic E-state index is 0.0252. The average molecular weight is 270 g/mol. The fourth-order valence-electron chi connectivity index (χ4n) is 0.922. The molecule has 1 heterocycles. The van der Waals surface area contributed by atoms with Crippen LogP contribution in [-0.4, -0.2) is 26.9 Å². The Morgan fingerprint density at radius 1 is 1.59 bits per heavy atom. The molecule has 1 rings (SSSR count). The van der Waals surface area contributed by atoms with E-state index in [1.54, 1.807) is 0 Å². The monoisotopic (exact) mass is 269 g/mol. The van der Waals surface area contributed by atoms with Gasteiger partial charge in [-0.2, -0.15) is 0 Å². The fourth-order valence-corrected chi connectivity index (χ4v) is 1.42. The van der Waals surface area contributed by atoms with E-state index in [1.165, 1.54) is 19.2 Å². The molecule has 4 nitrogen and oxygen atoms in total. The fraction of sp³-hybridized carbons (Fsp3) is 0.182. The maximum absolute atomic E-state index is 10.7. The molecule has 0 aliphatic heterocycles. The van der Waals surface area contributed by atoms with Gasteiger partial charge in [0.05, 0.1) is 16.9 Å². The van der Waals surface area contributed by atoms with Crippen molar-refractivity contribution >= 4 is 34.4 Å². The minimum atomic E-state index is -1.09. The summed E-state index contributed by atoms with van der Waals surface area (Å²) in [4.78, 5) is 25.1. The molecule has 0 saturated heterocycles. The van der Waals surface area contributed by atoms with Gasteiger partial charge in [-0.15, -0.1) is 0 Å². The molecule has 88 valence electrons. The van der Waals surface area contributed by atoms with E-state index in [1.807, 2.05) is 0 Å². The summed E-state index contributed by atoms with van der Waals surface area (Å²) in [6.45, 7) is 1.45. The predicted molar refractivity (Wildman–Crippen MR) is 66.2 cm³/mol. The van der Waals surface area contributed by atoms with Crippen LogP contribution in [0.3, 0.4) is 0 Å². The highest BCUT2D eigenvalue weighted by Crippen LogP contribution is 2.13. The molecule has 0 fully saturated rings. The van der Waals surface area contributed by atoms with Crippen LogP contribution in [0.5, 0.6) is 0 Å². The van der Waals surface area contributed by atoms with Crippen LogP contribution in [-0.2, 0) is 4.79 Å². The Bertz CT molecular complexity index is 519. The number of carboxylic acid groups (broad SMARTS) is 1. The molecule has 1 aromatic rings. The maximum Gasteiger partial charge on any atom is 0.337 e. The van der Waals surface area contributed by atoms with Gasteiger partial charge in [0.1, 0.15) is 5.15 Å². The molecule has 1 aromatic heterocycles. The number of hydrogen-bond acceptors (Lipinski definition) is 4. The van der Waals surface area contributed by atoms with Crippen molar-refractivity contribution in [2.75, 3.05) is 5.75 Å². The van der Waals surface area contributed by atoms with Crippen LogP contribution in [0.4, 0.5) is 0 Å². The zero-order valence-electron chi connectivity index (χ0n) is 8.86. The number of thioether (sulfide) groups is 1. The van der Waals surface area contributed by atoms with Crippen molar-refractivity contribution in [1.82, 2.24) is 4.98 Å². The first-order valence-electron chi connectivity index (χ1n) is 4.52. The standard InChI is InChI=1S/C11H8ClNO3S/c1-7(14)17-4-2-3-8-5-9(11(15)16)6-13-10(8)12/h5-6H,4H2,1H3,(H,15,16). The normalized spacial score (nSPS) is 9.29. The van der Waals surface area contributed by atoms with Crippen LogP contribution < -0.4 is 0 Å². The largest absolute Gasteiger partial charge is 0.478 e. The molecule has 0 aliphatic carbocycles. The molecule has 1 N–H and O–H groups in total. The van der Waals surface area contributed by atoms with E-state index in [2.05, 4.69) is 16.8 Å². The third-order valence-electron chi connectivity index (χ3n) is 1.66. The highest BCUT2D eigenvalue weighted by molar-refractivity contribution is 8.13. The van der Waals surface area contributed by atoms with Crippen LogP contribution in [0.15, 0.2) is 12.3 Å². The van der Waals surface area contributed by atoms with Gasteiger partial charge in [0, 0.05) is 13.1 Å². The number of aromatic carboxylic acids is 1. The summed E-state index contributed by atoms with van der Waals surface area (Å²) in [5.74, 6) is 4.65. The quantitative estimate of drug-likeness (QED) is 0.658. The van der Waals surface area contributed by atoms with Crippen molar-refractivity contribution in [2.45, 2.75) is 6.92 Å². The number of carbonyl (C=O) groups is 2. The van der Waals surface area contributed by atoms with Crippen LogP contribution in [0, 0.1) is 11.8 Å². The maximum atomic E-state index is 10.7. The van der Waals surface area contributed by atoms with Crippen molar-refractivity contribution in [1.29, 1.82) is 0 Å². The van der Waals surface area contributed by atoms with Crippen molar-refractivity contribution < 1.29 is 14.7 Å². The number of pyridine rings is 1. The summed E-state index contributed by atoms with van der Waals surface area (Å²) >= 11 is 6.84. The van der Waals surface area contributed by atoms with Crippen LogP contribution >= 0.6 is 23.4 Å². The highest BCUT2D eigenvalue weighted by Gasteiger charge is 2.06. The van der Waals surface area contributed by atoms with E-state index in [0.29, 0.717) is 11.3 Å². The van der Waals surface area contributed by atoms with Crippen molar-refractivity contribution in [3.05, 3.63) is 28.5 Å². The molecule has 17 heavy (non-hydrogen) atoms. The number of nitrogens with zero attached hydrogens (tertiary/aromatic N) is 1. The second-order valence-electron chi connectivity index (χ2n) is 2.95. The summed E-state index contributed by atoms with van der Waals surface area (Å²) in [5, 5.41) is 8.89. The predicted octanol–water partition coefficient (Wildman–Crippen LogP) is 2.06. The molecule has 0 spiro atoms. The second kappa shape index (κ2) is 6.28. The Kier molecular flexibility index (Phi) is 5.01. The molecule has 0 bridgehead atoms. The Morgan fingerprint density at radius 2 is 2.29 bits per heavy atom. The van der Waals surface area contributed by atoms with Gasteiger partial charge in [0.25, 0.3) is 0 Å². The third-order valence-corrected chi connectivity index (χ3v) is 2.65. The number of carbonyl (C=O) groups excluding carboxylic acids is 1. The van der Waals surface area contributed by atoms with Gasteiger partial charge in [-0.3, -0.25) is 4.79 Å². The number of aromatic nitrogens is 1. The average Bonchev–Trinajstić information content (AvgIpc) is 2.25. The molecule has 6 heteroatoms. The highest BCUT2D eigenvalue weighted by atomic mass is 35.5. The third kappa shape index (κ3) is 4.47. The lowest BCUT2D eigenvalue weighted by Gasteiger charge is -1.97. The topological polar surface area (TPSA) is 67.3 Å². The number of hydrogen-bond donors (Lipinski definition) is 1. The molecule has 0 unspecified atom stereocenters. The summed E-state index contributed by atoms with van der Waals surface area (Å²) in [6, 6.07) is 1.35. The Hall–Kier alpha value is -1.51. The lowest BCUT2D eigenvalue weighted by atomic mass is 10.2. The molecule has 0 amide bonds. The second-order valence-corrected chi connectivity index (χ2v) is 4.46. The molecular formula is C11H8ClNO3S. The zero-order chi connectivity index (χ0) is 12.8. The number of rotatable bonds is 2. The van der Waals surface area contributed by atoms with Crippen LogP contribution in [0.25, 0.3) is 0 Å². The van der Waals surface area contributed by atoms with E-state index in [9.17, 15) is 9.59 Å².